The van der Waals surface area contributed by atoms with E-state index in [2.05, 4.69) is 19.2 Å². The van der Waals surface area contributed by atoms with Gasteiger partial charge < -0.3 is 16.0 Å². The Morgan fingerprint density at radius 3 is 2.73 bits per heavy atom. The zero-order valence-corrected chi connectivity index (χ0v) is 7.09. The number of hydrogen-bond acceptors (Lipinski definition) is 2. The minimum absolute atomic E-state index is 0.186. The molecule has 64 valence electrons. The highest BCUT2D eigenvalue weighted by molar-refractivity contribution is 5.75. The van der Waals surface area contributed by atoms with Crippen LogP contribution in [0.3, 0.4) is 0 Å². The summed E-state index contributed by atoms with van der Waals surface area (Å²) in [5.74, 6) is 0.186. The SMILES string of the molecule is C[C@@H]1CN[C@@H](C)CN1C(=N)N. The molecule has 4 nitrogen and oxygen atoms in total. The molecule has 0 aromatic carbocycles. The van der Waals surface area contributed by atoms with Gasteiger partial charge in [-0.1, -0.05) is 0 Å². The summed E-state index contributed by atoms with van der Waals surface area (Å²) in [5, 5.41) is 10.6. The van der Waals surface area contributed by atoms with Crippen molar-refractivity contribution in [2.45, 2.75) is 25.9 Å². The Morgan fingerprint density at radius 1 is 1.64 bits per heavy atom. The predicted molar refractivity (Wildman–Crippen MR) is 45.5 cm³/mol. The maximum Gasteiger partial charge on any atom is 0.188 e. The molecule has 0 spiro atoms. The van der Waals surface area contributed by atoms with Crippen molar-refractivity contribution in [2.24, 2.45) is 5.73 Å². The standard InChI is InChI=1S/C7H16N4/c1-5-4-11(7(8)9)6(2)3-10-5/h5-6,10H,3-4H2,1-2H3,(H3,8,9)/t5-,6+/m0/s1. The fourth-order valence-electron chi connectivity index (χ4n) is 1.36. The molecule has 4 heteroatoms. The zero-order chi connectivity index (χ0) is 8.43. The lowest BCUT2D eigenvalue weighted by atomic mass is 10.1. The van der Waals surface area contributed by atoms with Crippen LogP contribution >= 0.6 is 0 Å². The molecule has 0 radical (unpaired) electrons. The van der Waals surface area contributed by atoms with E-state index in [0.717, 1.165) is 13.1 Å². The minimum atomic E-state index is 0.186. The van der Waals surface area contributed by atoms with E-state index < -0.39 is 0 Å². The molecule has 1 heterocycles. The number of hydrogen-bond donors (Lipinski definition) is 3. The van der Waals surface area contributed by atoms with E-state index in [1.165, 1.54) is 0 Å². The number of guanidine groups is 1. The number of nitrogens with two attached hydrogens (primary N) is 1. The van der Waals surface area contributed by atoms with Gasteiger partial charge in [-0.05, 0) is 13.8 Å². The summed E-state index contributed by atoms with van der Waals surface area (Å²) >= 11 is 0. The molecule has 0 saturated carbocycles. The van der Waals surface area contributed by atoms with Gasteiger partial charge in [0.15, 0.2) is 5.96 Å². The summed E-state index contributed by atoms with van der Waals surface area (Å²) in [5.41, 5.74) is 5.40. The topological polar surface area (TPSA) is 65.1 Å². The Balaban J connectivity index is 2.54. The minimum Gasteiger partial charge on any atom is -0.370 e. The maximum atomic E-state index is 7.29. The quantitative estimate of drug-likeness (QED) is 0.329. The molecule has 1 fully saturated rings. The van der Waals surface area contributed by atoms with Crippen molar-refractivity contribution in [1.29, 1.82) is 5.41 Å². The molecule has 0 aliphatic carbocycles. The Labute approximate surface area is 67.3 Å². The van der Waals surface area contributed by atoms with Gasteiger partial charge in [0.05, 0.1) is 0 Å². The van der Waals surface area contributed by atoms with Crippen LogP contribution < -0.4 is 11.1 Å². The molecule has 1 aliphatic rings. The van der Waals surface area contributed by atoms with Crippen molar-refractivity contribution >= 4 is 5.96 Å². The van der Waals surface area contributed by atoms with Crippen LogP contribution in [0.2, 0.25) is 0 Å². The van der Waals surface area contributed by atoms with Gasteiger partial charge in [-0.3, -0.25) is 5.41 Å². The highest BCUT2D eigenvalue weighted by Crippen LogP contribution is 2.04. The summed E-state index contributed by atoms with van der Waals surface area (Å²) in [6, 6.07) is 0.791. The molecule has 2 atom stereocenters. The molecular formula is C7H16N4. The van der Waals surface area contributed by atoms with E-state index in [0.29, 0.717) is 12.1 Å². The van der Waals surface area contributed by atoms with Crippen molar-refractivity contribution in [3.05, 3.63) is 0 Å². The van der Waals surface area contributed by atoms with Crippen LogP contribution in [0.15, 0.2) is 0 Å². The van der Waals surface area contributed by atoms with E-state index in [1.54, 1.807) is 0 Å². The van der Waals surface area contributed by atoms with Gasteiger partial charge in [0.1, 0.15) is 0 Å². The third-order valence-electron chi connectivity index (χ3n) is 2.07. The highest BCUT2D eigenvalue weighted by atomic mass is 15.3. The van der Waals surface area contributed by atoms with Gasteiger partial charge in [-0.25, -0.2) is 0 Å². The highest BCUT2D eigenvalue weighted by Gasteiger charge is 2.22. The maximum absolute atomic E-state index is 7.29. The van der Waals surface area contributed by atoms with Crippen LogP contribution in [0.5, 0.6) is 0 Å². The second-order valence-corrected chi connectivity index (χ2v) is 3.20. The predicted octanol–water partition coefficient (Wildman–Crippen LogP) is -0.438. The first kappa shape index (κ1) is 8.33. The van der Waals surface area contributed by atoms with Gasteiger partial charge in [0, 0.05) is 25.2 Å². The lowest BCUT2D eigenvalue weighted by Crippen LogP contribution is -2.57. The zero-order valence-electron chi connectivity index (χ0n) is 7.09. The van der Waals surface area contributed by atoms with Crippen LogP contribution in [-0.4, -0.2) is 36.0 Å². The molecule has 0 aromatic rings. The van der Waals surface area contributed by atoms with Crippen molar-refractivity contribution < 1.29 is 0 Å². The lowest BCUT2D eigenvalue weighted by Gasteiger charge is -2.37. The van der Waals surface area contributed by atoms with Crippen LogP contribution in [0, 0.1) is 5.41 Å². The summed E-state index contributed by atoms with van der Waals surface area (Å²) in [7, 11) is 0. The summed E-state index contributed by atoms with van der Waals surface area (Å²) in [6.07, 6.45) is 0. The number of nitrogens with zero attached hydrogens (tertiary/aromatic N) is 1. The third kappa shape index (κ3) is 1.83. The van der Waals surface area contributed by atoms with Gasteiger partial charge in [-0.15, -0.1) is 0 Å². The first-order chi connectivity index (χ1) is 5.11. The first-order valence-electron chi connectivity index (χ1n) is 3.95. The molecule has 1 rings (SSSR count). The van der Waals surface area contributed by atoms with Gasteiger partial charge in [-0.2, -0.15) is 0 Å². The summed E-state index contributed by atoms with van der Waals surface area (Å²) in [6.45, 7) is 5.93. The third-order valence-corrected chi connectivity index (χ3v) is 2.07. The van der Waals surface area contributed by atoms with Gasteiger partial charge >= 0.3 is 0 Å². The summed E-state index contributed by atoms with van der Waals surface area (Å²) in [4.78, 5) is 1.92. The molecule has 0 aromatic heterocycles. The van der Waals surface area contributed by atoms with Crippen molar-refractivity contribution in [3.63, 3.8) is 0 Å². The lowest BCUT2D eigenvalue weighted by molar-refractivity contribution is 0.231. The summed E-state index contributed by atoms with van der Waals surface area (Å²) < 4.78 is 0. The molecule has 0 unspecified atom stereocenters. The molecule has 1 aliphatic heterocycles. The van der Waals surface area contributed by atoms with Crippen LogP contribution in [-0.2, 0) is 0 Å². The van der Waals surface area contributed by atoms with E-state index in [1.807, 2.05) is 4.90 Å². The smallest absolute Gasteiger partial charge is 0.188 e. The number of nitrogens with one attached hydrogen (secondary N) is 2. The van der Waals surface area contributed by atoms with Gasteiger partial charge in [0.25, 0.3) is 0 Å². The Hall–Kier alpha value is -0.770. The fraction of sp³-hybridized carbons (Fsp3) is 0.857. The van der Waals surface area contributed by atoms with E-state index in [-0.39, 0.29) is 5.96 Å². The largest absolute Gasteiger partial charge is 0.370 e. The average Bonchev–Trinajstić information content (AvgIpc) is 1.94. The second-order valence-electron chi connectivity index (χ2n) is 3.20. The van der Waals surface area contributed by atoms with E-state index in [4.69, 9.17) is 11.1 Å². The van der Waals surface area contributed by atoms with Crippen molar-refractivity contribution in [1.82, 2.24) is 10.2 Å². The molecule has 11 heavy (non-hydrogen) atoms. The van der Waals surface area contributed by atoms with E-state index >= 15 is 0 Å². The molecular weight excluding hydrogens is 140 g/mol. The van der Waals surface area contributed by atoms with Crippen molar-refractivity contribution in [3.8, 4) is 0 Å². The fourth-order valence-corrected chi connectivity index (χ4v) is 1.36. The van der Waals surface area contributed by atoms with Crippen LogP contribution in [0.4, 0.5) is 0 Å². The van der Waals surface area contributed by atoms with Crippen molar-refractivity contribution in [2.75, 3.05) is 13.1 Å². The number of piperazine rings is 1. The molecule has 0 bridgehead atoms. The molecule has 1 saturated heterocycles. The van der Waals surface area contributed by atoms with Crippen LogP contribution in [0.1, 0.15) is 13.8 Å². The van der Waals surface area contributed by atoms with E-state index in [9.17, 15) is 0 Å². The Bertz CT molecular complexity index is 157. The number of rotatable bonds is 0. The Morgan fingerprint density at radius 2 is 2.27 bits per heavy atom. The monoisotopic (exact) mass is 156 g/mol. The van der Waals surface area contributed by atoms with Crippen LogP contribution in [0.25, 0.3) is 0 Å². The molecule has 0 amide bonds. The first-order valence-corrected chi connectivity index (χ1v) is 3.95. The molecule has 4 N–H and O–H groups in total. The Kier molecular flexibility index (Phi) is 2.34. The van der Waals surface area contributed by atoms with Gasteiger partial charge in [0.2, 0.25) is 0 Å². The average molecular weight is 156 g/mol. The second kappa shape index (κ2) is 3.09. The normalized spacial score (nSPS) is 32.0.